The summed E-state index contributed by atoms with van der Waals surface area (Å²) in [6.07, 6.45) is 3.98. The van der Waals surface area contributed by atoms with Gasteiger partial charge in [-0.05, 0) is 30.4 Å². The van der Waals surface area contributed by atoms with Crippen LogP contribution in [0.5, 0.6) is 0 Å². The van der Waals surface area contributed by atoms with E-state index >= 15 is 0 Å². The van der Waals surface area contributed by atoms with E-state index in [2.05, 4.69) is 18.7 Å². The number of imide groups is 1. The number of piperazine rings is 1. The summed E-state index contributed by atoms with van der Waals surface area (Å²) in [7, 11) is 0. The van der Waals surface area contributed by atoms with Crippen molar-refractivity contribution in [3.63, 3.8) is 0 Å². The van der Waals surface area contributed by atoms with Gasteiger partial charge in [0, 0.05) is 61.7 Å². The highest BCUT2D eigenvalue weighted by atomic mass is 16.2. The Morgan fingerprint density at radius 1 is 0.844 bits per heavy atom. The fourth-order valence-electron chi connectivity index (χ4n) is 5.06. The van der Waals surface area contributed by atoms with Gasteiger partial charge in [0.1, 0.15) is 0 Å². The third kappa shape index (κ3) is 4.29. The molecule has 2 aliphatic heterocycles. The summed E-state index contributed by atoms with van der Waals surface area (Å²) in [6.45, 7) is 8.25. The predicted octanol–water partition coefficient (Wildman–Crippen LogP) is 3.80. The second-order valence-corrected chi connectivity index (χ2v) is 8.91. The van der Waals surface area contributed by atoms with Crippen molar-refractivity contribution in [2.45, 2.75) is 39.5 Å². The quantitative estimate of drug-likeness (QED) is 0.592. The lowest BCUT2D eigenvalue weighted by atomic mass is 9.94. The third-order valence-corrected chi connectivity index (χ3v) is 6.80. The van der Waals surface area contributed by atoms with Crippen molar-refractivity contribution in [3.8, 4) is 0 Å². The molecule has 170 valence electrons. The lowest BCUT2D eigenvalue weighted by molar-refractivity contribution is -0.137. The van der Waals surface area contributed by atoms with Gasteiger partial charge in [0.2, 0.25) is 5.91 Å². The molecular weight excluding hydrogens is 402 g/mol. The molecule has 2 aromatic carbocycles. The lowest BCUT2D eigenvalue weighted by Crippen LogP contribution is -2.52. The Labute approximate surface area is 190 Å². The van der Waals surface area contributed by atoms with Crippen LogP contribution in [0.2, 0.25) is 0 Å². The molecule has 0 atom stereocenters. The van der Waals surface area contributed by atoms with Crippen LogP contribution >= 0.6 is 0 Å². The SMILES string of the molecule is CCCC(CCC)C(=O)N1CCN(CCN2C(=O)c3cccc4cccc(c34)C2=O)CC1. The molecule has 2 heterocycles. The molecule has 0 spiro atoms. The standard InChI is InChI=1S/C26H33N3O3/c1-3-7-20(8-4-2)24(30)28-16-13-27(14-17-28)15-18-29-25(31)21-11-5-9-19-10-6-12-22(23(19)21)26(29)32/h5-6,9-12,20H,3-4,7-8,13-18H2,1-2H3. The summed E-state index contributed by atoms with van der Waals surface area (Å²) >= 11 is 0. The number of benzene rings is 2. The van der Waals surface area contributed by atoms with Crippen LogP contribution in [-0.4, -0.2) is 71.7 Å². The van der Waals surface area contributed by atoms with Gasteiger partial charge in [0.05, 0.1) is 0 Å². The molecule has 1 fully saturated rings. The van der Waals surface area contributed by atoms with E-state index in [1.54, 1.807) is 12.1 Å². The molecule has 0 unspecified atom stereocenters. The number of carbonyl (C=O) groups is 3. The van der Waals surface area contributed by atoms with Gasteiger partial charge in [0.25, 0.3) is 11.8 Å². The Kier molecular flexibility index (Phi) is 6.89. The Morgan fingerprint density at radius 3 is 1.94 bits per heavy atom. The Morgan fingerprint density at radius 2 is 1.41 bits per heavy atom. The number of amides is 3. The van der Waals surface area contributed by atoms with Crippen LogP contribution in [0.25, 0.3) is 10.8 Å². The first kappa shape index (κ1) is 22.5. The molecule has 6 nitrogen and oxygen atoms in total. The Hall–Kier alpha value is -2.73. The molecule has 0 aliphatic carbocycles. The lowest BCUT2D eigenvalue weighted by Gasteiger charge is -2.37. The van der Waals surface area contributed by atoms with E-state index < -0.39 is 0 Å². The molecule has 4 rings (SSSR count). The minimum absolute atomic E-state index is 0.142. The topological polar surface area (TPSA) is 60.9 Å². The van der Waals surface area contributed by atoms with Crippen molar-refractivity contribution in [2.24, 2.45) is 5.92 Å². The van der Waals surface area contributed by atoms with E-state index in [0.29, 0.717) is 43.2 Å². The molecule has 32 heavy (non-hydrogen) atoms. The largest absolute Gasteiger partial charge is 0.340 e. The molecule has 0 radical (unpaired) electrons. The molecule has 0 aromatic heterocycles. The molecule has 0 N–H and O–H groups in total. The Balaban J connectivity index is 1.36. The second-order valence-electron chi connectivity index (χ2n) is 8.91. The molecule has 0 saturated carbocycles. The number of rotatable bonds is 8. The molecular formula is C26H33N3O3. The summed E-state index contributed by atoms with van der Waals surface area (Å²) in [5.41, 5.74) is 1.21. The minimum Gasteiger partial charge on any atom is -0.340 e. The first-order valence-corrected chi connectivity index (χ1v) is 11.9. The van der Waals surface area contributed by atoms with Gasteiger partial charge < -0.3 is 4.90 Å². The van der Waals surface area contributed by atoms with Crippen LogP contribution in [0.15, 0.2) is 36.4 Å². The maximum absolute atomic E-state index is 13.1. The smallest absolute Gasteiger partial charge is 0.261 e. The van der Waals surface area contributed by atoms with E-state index in [1.807, 2.05) is 29.2 Å². The monoisotopic (exact) mass is 435 g/mol. The summed E-state index contributed by atoms with van der Waals surface area (Å²) in [6, 6.07) is 11.2. The van der Waals surface area contributed by atoms with E-state index in [0.717, 1.165) is 49.5 Å². The van der Waals surface area contributed by atoms with Gasteiger partial charge in [-0.2, -0.15) is 0 Å². The summed E-state index contributed by atoms with van der Waals surface area (Å²) in [5.74, 6) is 0.00697. The van der Waals surface area contributed by atoms with Gasteiger partial charge in [0.15, 0.2) is 0 Å². The first-order valence-electron chi connectivity index (χ1n) is 11.9. The molecule has 6 heteroatoms. The average Bonchev–Trinajstić information content (AvgIpc) is 2.82. The van der Waals surface area contributed by atoms with Crippen LogP contribution in [0.1, 0.15) is 60.2 Å². The molecule has 3 amide bonds. The van der Waals surface area contributed by atoms with Crippen LogP contribution < -0.4 is 0 Å². The fraction of sp³-hybridized carbons (Fsp3) is 0.500. The minimum atomic E-state index is -0.213. The predicted molar refractivity (Wildman–Crippen MR) is 126 cm³/mol. The summed E-state index contributed by atoms with van der Waals surface area (Å²) < 4.78 is 0. The van der Waals surface area contributed by atoms with Crippen molar-refractivity contribution in [1.82, 2.24) is 14.7 Å². The van der Waals surface area contributed by atoms with E-state index in [1.165, 1.54) is 4.90 Å². The van der Waals surface area contributed by atoms with Crippen molar-refractivity contribution < 1.29 is 14.4 Å². The highest BCUT2D eigenvalue weighted by Gasteiger charge is 2.33. The van der Waals surface area contributed by atoms with Crippen LogP contribution in [0, 0.1) is 5.92 Å². The normalized spacial score (nSPS) is 17.0. The zero-order valence-electron chi connectivity index (χ0n) is 19.2. The number of carbonyl (C=O) groups excluding carboxylic acids is 3. The molecule has 2 aromatic rings. The summed E-state index contributed by atoms with van der Waals surface area (Å²) in [4.78, 5) is 44.6. The van der Waals surface area contributed by atoms with Crippen molar-refractivity contribution in [3.05, 3.63) is 47.5 Å². The fourth-order valence-corrected chi connectivity index (χ4v) is 5.06. The van der Waals surface area contributed by atoms with Crippen LogP contribution in [0.4, 0.5) is 0 Å². The zero-order chi connectivity index (χ0) is 22.7. The third-order valence-electron chi connectivity index (χ3n) is 6.80. The van der Waals surface area contributed by atoms with Gasteiger partial charge in [-0.3, -0.25) is 24.2 Å². The molecule has 0 bridgehead atoms. The first-order chi connectivity index (χ1) is 15.5. The summed E-state index contributed by atoms with van der Waals surface area (Å²) in [5, 5.41) is 1.69. The zero-order valence-corrected chi connectivity index (χ0v) is 19.2. The van der Waals surface area contributed by atoms with Gasteiger partial charge in [-0.1, -0.05) is 51.0 Å². The number of hydrogen-bond acceptors (Lipinski definition) is 4. The van der Waals surface area contributed by atoms with Crippen molar-refractivity contribution in [2.75, 3.05) is 39.3 Å². The van der Waals surface area contributed by atoms with Crippen LogP contribution in [0.3, 0.4) is 0 Å². The van der Waals surface area contributed by atoms with Gasteiger partial charge in [-0.25, -0.2) is 0 Å². The highest BCUT2D eigenvalue weighted by molar-refractivity contribution is 6.25. The van der Waals surface area contributed by atoms with Gasteiger partial charge >= 0.3 is 0 Å². The van der Waals surface area contributed by atoms with Crippen molar-refractivity contribution >= 4 is 28.5 Å². The maximum atomic E-state index is 13.1. The maximum Gasteiger partial charge on any atom is 0.261 e. The second kappa shape index (κ2) is 9.82. The number of hydrogen-bond donors (Lipinski definition) is 0. The Bertz CT molecular complexity index is 954. The average molecular weight is 436 g/mol. The van der Waals surface area contributed by atoms with E-state index in [4.69, 9.17) is 0 Å². The number of nitrogens with zero attached hydrogens (tertiary/aromatic N) is 3. The van der Waals surface area contributed by atoms with Crippen molar-refractivity contribution in [1.29, 1.82) is 0 Å². The van der Waals surface area contributed by atoms with Crippen LogP contribution in [-0.2, 0) is 4.79 Å². The molecule has 2 aliphatic rings. The highest BCUT2D eigenvalue weighted by Crippen LogP contribution is 2.29. The van der Waals surface area contributed by atoms with E-state index in [9.17, 15) is 14.4 Å². The molecule has 1 saturated heterocycles. The van der Waals surface area contributed by atoms with E-state index in [-0.39, 0.29) is 17.7 Å². The van der Waals surface area contributed by atoms with Gasteiger partial charge in [-0.15, -0.1) is 0 Å².